The molecule has 2 rings (SSSR count). The van der Waals surface area contributed by atoms with Gasteiger partial charge in [-0.25, -0.2) is 0 Å². The molecule has 1 amide bonds. The van der Waals surface area contributed by atoms with E-state index in [1.54, 1.807) is 0 Å². The summed E-state index contributed by atoms with van der Waals surface area (Å²) in [7, 11) is 0. The number of hydrogen-bond acceptors (Lipinski definition) is 2. The molecule has 0 radical (unpaired) electrons. The Balaban J connectivity index is 2.17. The van der Waals surface area contributed by atoms with Crippen LogP contribution in [0.5, 0.6) is 0 Å². The second-order valence-electron chi connectivity index (χ2n) is 5.01. The van der Waals surface area contributed by atoms with Crippen LogP contribution in [0.2, 0.25) is 0 Å². The minimum Gasteiger partial charge on any atom is -0.330 e. The molecular weight excluding hydrogens is 248 g/mol. The fourth-order valence-corrected chi connectivity index (χ4v) is 2.18. The molecule has 0 heterocycles. The molecule has 2 aromatic carbocycles. The molecule has 104 valence electrons. The summed E-state index contributed by atoms with van der Waals surface area (Å²) in [5, 5.41) is 2.95. The highest BCUT2D eigenvalue weighted by Gasteiger charge is 2.08. The van der Waals surface area contributed by atoms with Crippen LogP contribution in [0.25, 0.3) is 0 Å². The molecule has 0 saturated heterocycles. The van der Waals surface area contributed by atoms with Gasteiger partial charge < -0.3 is 11.1 Å². The van der Waals surface area contributed by atoms with Crippen molar-refractivity contribution < 1.29 is 4.79 Å². The van der Waals surface area contributed by atoms with E-state index in [2.05, 4.69) is 11.4 Å². The largest absolute Gasteiger partial charge is 0.330 e. The molecule has 3 nitrogen and oxygen atoms in total. The number of nitrogens with two attached hydrogens (primary N) is 1. The van der Waals surface area contributed by atoms with Crippen LogP contribution in [0.15, 0.2) is 42.5 Å². The van der Waals surface area contributed by atoms with Gasteiger partial charge in [0.2, 0.25) is 0 Å². The Morgan fingerprint density at radius 3 is 2.65 bits per heavy atom. The van der Waals surface area contributed by atoms with Crippen molar-refractivity contribution in [2.45, 2.75) is 20.3 Å². The number of carbonyl (C=O) groups is 1. The smallest absolute Gasteiger partial charge is 0.255 e. The second kappa shape index (κ2) is 6.35. The molecule has 3 heteroatoms. The molecule has 0 spiro atoms. The van der Waals surface area contributed by atoms with Crippen LogP contribution >= 0.6 is 0 Å². The van der Waals surface area contributed by atoms with E-state index in [9.17, 15) is 4.79 Å². The number of nitrogens with one attached hydrogen (secondary N) is 1. The monoisotopic (exact) mass is 268 g/mol. The van der Waals surface area contributed by atoms with Crippen molar-refractivity contribution in [1.29, 1.82) is 0 Å². The zero-order valence-corrected chi connectivity index (χ0v) is 11.9. The molecule has 0 aliphatic rings. The van der Waals surface area contributed by atoms with Crippen LogP contribution in [-0.2, 0) is 6.42 Å². The quantitative estimate of drug-likeness (QED) is 0.895. The summed E-state index contributed by atoms with van der Waals surface area (Å²) in [6, 6.07) is 13.6. The van der Waals surface area contributed by atoms with E-state index >= 15 is 0 Å². The van der Waals surface area contributed by atoms with Crippen LogP contribution in [-0.4, -0.2) is 12.5 Å². The molecular formula is C17H20N2O. The van der Waals surface area contributed by atoms with Gasteiger partial charge in [0.25, 0.3) is 5.91 Å². The first-order valence-electron chi connectivity index (χ1n) is 6.78. The molecule has 3 N–H and O–H groups in total. The Morgan fingerprint density at radius 1 is 1.15 bits per heavy atom. The van der Waals surface area contributed by atoms with Crippen molar-refractivity contribution in [1.82, 2.24) is 0 Å². The van der Waals surface area contributed by atoms with E-state index in [1.807, 2.05) is 50.2 Å². The molecule has 0 aromatic heterocycles. The maximum absolute atomic E-state index is 12.3. The normalized spacial score (nSPS) is 10.3. The fraction of sp³-hybridized carbons (Fsp3) is 0.235. The zero-order chi connectivity index (χ0) is 14.5. The molecule has 2 aromatic rings. The van der Waals surface area contributed by atoms with Gasteiger partial charge in [-0.3, -0.25) is 4.79 Å². The number of aryl methyl sites for hydroxylation is 2. The first-order valence-corrected chi connectivity index (χ1v) is 6.78. The number of rotatable bonds is 4. The van der Waals surface area contributed by atoms with Gasteiger partial charge in [0.05, 0.1) is 0 Å². The van der Waals surface area contributed by atoms with Gasteiger partial charge in [0.1, 0.15) is 0 Å². The van der Waals surface area contributed by atoms with Gasteiger partial charge in [-0.1, -0.05) is 29.8 Å². The van der Waals surface area contributed by atoms with E-state index < -0.39 is 0 Å². The Kier molecular flexibility index (Phi) is 4.53. The minimum absolute atomic E-state index is 0.0872. The first kappa shape index (κ1) is 14.3. The Morgan fingerprint density at radius 2 is 1.95 bits per heavy atom. The van der Waals surface area contributed by atoms with Crippen molar-refractivity contribution >= 4 is 11.6 Å². The van der Waals surface area contributed by atoms with Crippen molar-refractivity contribution in [3.8, 4) is 0 Å². The molecule has 20 heavy (non-hydrogen) atoms. The summed E-state index contributed by atoms with van der Waals surface area (Å²) in [6.07, 6.45) is 0.782. The lowest BCUT2D eigenvalue weighted by molar-refractivity contribution is 0.102. The summed E-state index contributed by atoms with van der Waals surface area (Å²) in [6.45, 7) is 4.62. The minimum atomic E-state index is -0.0872. The van der Waals surface area contributed by atoms with Gasteiger partial charge >= 0.3 is 0 Å². The van der Waals surface area contributed by atoms with Gasteiger partial charge in [0.15, 0.2) is 0 Å². The highest BCUT2D eigenvalue weighted by molar-refractivity contribution is 6.04. The maximum atomic E-state index is 12.3. The fourth-order valence-electron chi connectivity index (χ4n) is 2.18. The third-order valence-electron chi connectivity index (χ3n) is 3.25. The molecule has 0 bridgehead atoms. The summed E-state index contributed by atoms with van der Waals surface area (Å²) in [4.78, 5) is 12.3. The molecule has 0 saturated carbocycles. The number of amides is 1. The third kappa shape index (κ3) is 3.45. The van der Waals surface area contributed by atoms with Crippen LogP contribution in [0.4, 0.5) is 5.69 Å². The van der Waals surface area contributed by atoms with E-state index in [4.69, 9.17) is 5.73 Å². The maximum Gasteiger partial charge on any atom is 0.255 e. The van der Waals surface area contributed by atoms with Gasteiger partial charge in [0, 0.05) is 11.3 Å². The Bertz CT molecular complexity index is 620. The summed E-state index contributed by atoms with van der Waals surface area (Å²) < 4.78 is 0. The van der Waals surface area contributed by atoms with Crippen molar-refractivity contribution in [2.24, 2.45) is 5.73 Å². The van der Waals surface area contributed by atoms with Crippen LogP contribution in [0.3, 0.4) is 0 Å². The number of anilines is 1. The highest BCUT2D eigenvalue weighted by atomic mass is 16.1. The summed E-state index contributed by atoms with van der Waals surface area (Å²) >= 11 is 0. The average molecular weight is 268 g/mol. The molecule has 0 aliphatic heterocycles. The first-order chi connectivity index (χ1) is 9.60. The van der Waals surface area contributed by atoms with Crippen molar-refractivity contribution in [3.63, 3.8) is 0 Å². The number of hydrogen-bond donors (Lipinski definition) is 2. The van der Waals surface area contributed by atoms with E-state index in [1.165, 1.54) is 5.56 Å². The predicted octanol–water partition coefficient (Wildman–Crippen LogP) is 3.06. The summed E-state index contributed by atoms with van der Waals surface area (Å²) in [5.74, 6) is -0.0872. The standard InChI is InChI=1S/C17H20N2O/c1-12-6-7-16(13(2)10-12)19-17(20)15-5-3-4-14(11-15)8-9-18/h3-7,10-11H,8-9,18H2,1-2H3,(H,19,20). The lowest BCUT2D eigenvalue weighted by Gasteiger charge is -2.10. The second-order valence-corrected chi connectivity index (χ2v) is 5.01. The molecule has 0 atom stereocenters. The summed E-state index contributed by atoms with van der Waals surface area (Å²) in [5.41, 5.74) is 10.4. The average Bonchev–Trinajstić information content (AvgIpc) is 2.42. The van der Waals surface area contributed by atoms with Gasteiger partial charge in [-0.05, 0) is 56.1 Å². The van der Waals surface area contributed by atoms with Crippen LogP contribution < -0.4 is 11.1 Å². The van der Waals surface area contributed by atoms with E-state index in [-0.39, 0.29) is 5.91 Å². The Hall–Kier alpha value is -2.13. The number of benzene rings is 2. The topological polar surface area (TPSA) is 55.1 Å². The van der Waals surface area contributed by atoms with Crippen molar-refractivity contribution in [3.05, 3.63) is 64.7 Å². The number of carbonyl (C=O) groups excluding carboxylic acids is 1. The lowest BCUT2D eigenvalue weighted by Crippen LogP contribution is -2.13. The molecule has 0 unspecified atom stereocenters. The van der Waals surface area contributed by atoms with Crippen LogP contribution in [0, 0.1) is 13.8 Å². The van der Waals surface area contributed by atoms with Crippen molar-refractivity contribution in [2.75, 3.05) is 11.9 Å². The van der Waals surface area contributed by atoms with Gasteiger partial charge in [-0.2, -0.15) is 0 Å². The predicted molar refractivity (Wildman–Crippen MR) is 83.1 cm³/mol. The van der Waals surface area contributed by atoms with E-state index in [0.29, 0.717) is 12.1 Å². The Labute approximate surface area is 119 Å². The lowest BCUT2D eigenvalue weighted by atomic mass is 10.1. The van der Waals surface area contributed by atoms with E-state index in [0.717, 1.165) is 23.2 Å². The SMILES string of the molecule is Cc1ccc(NC(=O)c2cccc(CCN)c2)c(C)c1. The third-order valence-corrected chi connectivity index (χ3v) is 3.25. The van der Waals surface area contributed by atoms with Gasteiger partial charge in [-0.15, -0.1) is 0 Å². The zero-order valence-electron chi connectivity index (χ0n) is 11.9. The molecule has 0 fully saturated rings. The molecule has 0 aliphatic carbocycles. The highest BCUT2D eigenvalue weighted by Crippen LogP contribution is 2.17. The van der Waals surface area contributed by atoms with Crippen LogP contribution in [0.1, 0.15) is 27.0 Å².